The minimum Gasteiger partial charge on any atom is -0.437 e. The molecule has 3 aromatic rings. The molecule has 11 heteroatoms. The third kappa shape index (κ3) is 3.53. The van der Waals surface area contributed by atoms with Crippen LogP contribution in [0.3, 0.4) is 0 Å². The van der Waals surface area contributed by atoms with Gasteiger partial charge in [0.05, 0.1) is 17.9 Å². The van der Waals surface area contributed by atoms with Crippen molar-refractivity contribution in [1.82, 2.24) is 24.7 Å². The number of nitrogens with zero attached hydrogens (tertiary/aromatic N) is 5. The Bertz CT molecular complexity index is 1090. The molecule has 29 heavy (non-hydrogen) atoms. The van der Waals surface area contributed by atoms with Crippen LogP contribution in [0.5, 0.6) is 0 Å². The number of hydrogen-bond acceptors (Lipinski definition) is 6. The second kappa shape index (κ2) is 6.88. The molecule has 4 rings (SSSR count). The average Bonchev–Trinajstić information content (AvgIpc) is 3.37. The van der Waals surface area contributed by atoms with Gasteiger partial charge in [0.1, 0.15) is 18.0 Å². The van der Waals surface area contributed by atoms with E-state index in [0.717, 1.165) is 10.9 Å². The number of esters is 1. The van der Waals surface area contributed by atoms with Crippen molar-refractivity contribution in [3.05, 3.63) is 31.0 Å². The van der Waals surface area contributed by atoms with Crippen LogP contribution in [0.15, 0.2) is 31.0 Å². The van der Waals surface area contributed by atoms with Gasteiger partial charge in [-0.1, -0.05) is 0 Å². The van der Waals surface area contributed by atoms with E-state index in [2.05, 4.69) is 24.8 Å². The molecule has 0 atom stereocenters. The second-order valence-corrected chi connectivity index (χ2v) is 6.90. The molecule has 8 nitrogen and oxygen atoms in total. The van der Waals surface area contributed by atoms with Gasteiger partial charge in [0.25, 0.3) is 0 Å². The summed E-state index contributed by atoms with van der Waals surface area (Å²) in [4.78, 5) is 22.6. The lowest BCUT2D eigenvalue weighted by Crippen LogP contribution is -2.42. The number of carbonyl (C=O) groups is 1. The SMILES string of the molecule is N#CC1(OC(=O)C(F)(F)F)CCC(n2cc(-c3ncnc4[nH]ccc34)cn2)CC1. The number of ether oxygens (including phenoxy) is 1. The number of nitriles is 1. The maximum absolute atomic E-state index is 12.5. The minimum atomic E-state index is -5.13. The summed E-state index contributed by atoms with van der Waals surface area (Å²) in [7, 11) is 0. The van der Waals surface area contributed by atoms with Crippen LogP contribution in [0.1, 0.15) is 31.7 Å². The van der Waals surface area contributed by atoms with Crippen molar-refractivity contribution in [2.45, 2.75) is 43.5 Å². The summed E-state index contributed by atoms with van der Waals surface area (Å²) in [6.45, 7) is 0. The number of rotatable bonds is 3. The third-order valence-corrected chi connectivity index (χ3v) is 5.09. The van der Waals surface area contributed by atoms with Crippen LogP contribution in [-0.2, 0) is 9.53 Å². The van der Waals surface area contributed by atoms with Gasteiger partial charge < -0.3 is 9.72 Å². The highest BCUT2D eigenvalue weighted by Gasteiger charge is 2.48. The smallest absolute Gasteiger partial charge is 0.437 e. The summed E-state index contributed by atoms with van der Waals surface area (Å²) in [5.41, 5.74) is 0.426. The number of halogens is 3. The Kier molecular flexibility index (Phi) is 4.49. The van der Waals surface area contributed by atoms with Gasteiger partial charge in [0.15, 0.2) is 5.60 Å². The van der Waals surface area contributed by atoms with E-state index < -0.39 is 17.7 Å². The standard InChI is InChI=1S/C18H15F3N6O2/c19-18(20,21)16(28)29-17(9-22)4-1-12(2-5-17)27-8-11(7-26-27)14-13-3-6-23-15(13)25-10-24-14/h3,6-8,10,12H,1-2,4-5H2,(H,23,24,25). The summed E-state index contributed by atoms with van der Waals surface area (Å²) in [6.07, 6.45) is 2.25. The van der Waals surface area contributed by atoms with Crippen molar-refractivity contribution in [3.63, 3.8) is 0 Å². The van der Waals surface area contributed by atoms with Gasteiger partial charge in [-0.15, -0.1) is 0 Å². The van der Waals surface area contributed by atoms with Gasteiger partial charge in [-0.05, 0) is 18.9 Å². The molecule has 0 bridgehead atoms. The maximum atomic E-state index is 12.5. The Balaban J connectivity index is 1.49. The van der Waals surface area contributed by atoms with Crippen LogP contribution in [-0.4, -0.2) is 42.5 Å². The van der Waals surface area contributed by atoms with E-state index in [1.54, 1.807) is 29.3 Å². The van der Waals surface area contributed by atoms with E-state index in [1.165, 1.54) is 6.33 Å². The molecule has 3 aromatic heterocycles. The second-order valence-electron chi connectivity index (χ2n) is 6.90. The van der Waals surface area contributed by atoms with Crippen molar-refractivity contribution in [2.24, 2.45) is 0 Å². The molecule has 1 N–H and O–H groups in total. The Labute approximate surface area is 162 Å². The fraction of sp³-hybridized carbons (Fsp3) is 0.389. The lowest BCUT2D eigenvalue weighted by atomic mass is 9.83. The summed E-state index contributed by atoms with van der Waals surface area (Å²) < 4.78 is 43.7. The van der Waals surface area contributed by atoms with Crippen LogP contribution in [0.25, 0.3) is 22.3 Å². The van der Waals surface area contributed by atoms with Crippen molar-refractivity contribution in [1.29, 1.82) is 5.26 Å². The van der Waals surface area contributed by atoms with Gasteiger partial charge in [0.2, 0.25) is 0 Å². The molecule has 0 radical (unpaired) electrons. The minimum absolute atomic E-state index is 0.000737. The summed E-state index contributed by atoms with van der Waals surface area (Å²) in [5.74, 6) is -2.34. The predicted molar refractivity (Wildman–Crippen MR) is 93.1 cm³/mol. The number of alkyl halides is 3. The monoisotopic (exact) mass is 404 g/mol. The summed E-state index contributed by atoms with van der Waals surface area (Å²) in [5, 5.41) is 14.5. The number of nitrogens with one attached hydrogen (secondary N) is 1. The Hall–Kier alpha value is -3.42. The first kappa shape index (κ1) is 18.9. The first-order valence-corrected chi connectivity index (χ1v) is 8.85. The summed E-state index contributed by atoms with van der Waals surface area (Å²) >= 11 is 0. The van der Waals surface area contributed by atoms with Gasteiger partial charge in [-0.25, -0.2) is 14.8 Å². The highest BCUT2D eigenvalue weighted by Crippen LogP contribution is 2.38. The quantitative estimate of drug-likeness (QED) is 0.671. The zero-order chi connectivity index (χ0) is 20.6. The predicted octanol–water partition coefficient (Wildman–Crippen LogP) is 3.30. The highest BCUT2D eigenvalue weighted by atomic mass is 19.4. The van der Waals surface area contributed by atoms with E-state index in [9.17, 15) is 23.2 Å². The van der Waals surface area contributed by atoms with Crippen LogP contribution in [0, 0.1) is 11.3 Å². The molecule has 3 heterocycles. The van der Waals surface area contributed by atoms with Gasteiger partial charge in [0, 0.05) is 36.2 Å². The number of aromatic amines is 1. The maximum Gasteiger partial charge on any atom is 0.490 e. The average molecular weight is 404 g/mol. The fourth-order valence-electron chi connectivity index (χ4n) is 3.57. The van der Waals surface area contributed by atoms with Crippen molar-refractivity contribution >= 4 is 17.0 Å². The molecule has 1 aliphatic rings. The molecule has 0 aromatic carbocycles. The number of H-pyrrole nitrogens is 1. The molecule has 0 unspecified atom stereocenters. The highest BCUT2D eigenvalue weighted by molar-refractivity contribution is 5.89. The van der Waals surface area contributed by atoms with Crippen LogP contribution >= 0.6 is 0 Å². The lowest BCUT2D eigenvalue weighted by Gasteiger charge is -2.34. The largest absolute Gasteiger partial charge is 0.490 e. The number of carbonyl (C=O) groups excluding carboxylic acids is 1. The molecule has 0 spiro atoms. The number of fused-ring (bicyclic) bond motifs is 1. The molecule has 1 fully saturated rings. The van der Waals surface area contributed by atoms with Gasteiger partial charge >= 0.3 is 12.1 Å². The third-order valence-electron chi connectivity index (χ3n) is 5.09. The molecule has 150 valence electrons. The van der Waals surface area contributed by atoms with Crippen molar-refractivity contribution in [2.75, 3.05) is 0 Å². The Morgan fingerprint density at radius 1 is 1.34 bits per heavy atom. The van der Waals surface area contributed by atoms with E-state index in [0.29, 0.717) is 24.2 Å². The molecule has 1 aliphatic carbocycles. The number of hydrogen-bond donors (Lipinski definition) is 1. The van der Waals surface area contributed by atoms with Crippen molar-refractivity contribution in [3.8, 4) is 17.3 Å². The van der Waals surface area contributed by atoms with Gasteiger partial charge in [-0.2, -0.15) is 23.5 Å². The summed E-state index contributed by atoms with van der Waals surface area (Å²) in [6, 6.07) is 3.48. The molecular weight excluding hydrogens is 389 g/mol. The normalized spacial score (nSPS) is 22.3. The Morgan fingerprint density at radius 3 is 2.79 bits per heavy atom. The Morgan fingerprint density at radius 2 is 2.10 bits per heavy atom. The van der Waals surface area contributed by atoms with Crippen LogP contribution < -0.4 is 0 Å². The zero-order valence-corrected chi connectivity index (χ0v) is 15.0. The van der Waals surface area contributed by atoms with E-state index in [-0.39, 0.29) is 18.9 Å². The van der Waals surface area contributed by atoms with E-state index in [1.807, 2.05) is 6.07 Å². The van der Waals surface area contributed by atoms with Crippen molar-refractivity contribution < 1.29 is 22.7 Å². The molecule has 0 amide bonds. The number of aromatic nitrogens is 5. The first-order valence-electron chi connectivity index (χ1n) is 8.85. The van der Waals surface area contributed by atoms with Crippen LogP contribution in [0.2, 0.25) is 0 Å². The van der Waals surface area contributed by atoms with Crippen LogP contribution in [0.4, 0.5) is 13.2 Å². The lowest BCUT2D eigenvalue weighted by molar-refractivity contribution is -0.212. The van der Waals surface area contributed by atoms with Gasteiger partial charge in [-0.3, -0.25) is 4.68 Å². The molecular formula is C18H15F3N6O2. The molecule has 1 saturated carbocycles. The zero-order valence-electron chi connectivity index (χ0n) is 15.0. The fourth-order valence-corrected chi connectivity index (χ4v) is 3.57. The first-order chi connectivity index (χ1) is 13.8. The van der Waals surface area contributed by atoms with E-state index >= 15 is 0 Å². The topological polar surface area (TPSA) is 109 Å². The van der Waals surface area contributed by atoms with E-state index in [4.69, 9.17) is 0 Å². The molecule has 0 aliphatic heterocycles. The molecule has 0 saturated heterocycles.